The topological polar surface area (TPSA) is 49.3 Å². The average molecular weight is 276 g/mol. The van der Waals surface area contributed by atoms with Gasteiger partial charge in [0.15, 0.2) is 0 Å². The van der Waals surface area contributed by atoms with E-state index in [1.54, 1.807) is 12.4 Å². The quantitative estimate of drug-likeness (QED) is 0.828. The molecule has 0 spiro atoms. The fourth-order valence-corrected chi connectivity index (χ4v) is 2.40. The number of piperidine rings is 1. The summed E-state index contributed by atoms with van der Waals surface area (Å²) in [6.45, 7) is 4.82. The predicted molar refractivity (Wildman–Crippen MR) is 80.0 cm³/mol. The summed E-state index contributed by atoms with van der Waals surface area (Å²) in [5.74, 6) is 0.751. The molecule has 0 radical (unpaired) electrons. The fraction of sp³-hybridized carbons (Fsp3) is 0.667. The summed E-state index contributed by atoms with van der Waals surface area (Å²) in [4.78, 5) is 24.8. The van der Waals surface area contributed by atoms with Crippen molar-refractivity contribution in [3.63, 3.8) is 0 Å². The highest BCUT2D eigenvalue weighted by Crippen LogP contribution is 2.13. The summed E-state index contributed by atoms with van der Waals surface area (Å²) < 4.78 is 0. The van der Waals surface area contributed by atoms with Crippen molar-refractivity contribution in [2.45, 2.75) is 39.0 Å². The van der Waals surface area contributed by atoms with Crippen LogP contribution in [0.25, 0.3) is 0 Å². The number of unbranched alkanes of at least 4 members (excludes halogenated alkanes) is 1. The molecule has 0 bridgehead atoms. The predicted octanol–water partition coefficient (Wildman–Crippen LogP) is 2.34. The van der Waals surface area contributed by atoms with Crippen LogP contribution in [0.3, 0.4) is 0 Å². The lowest BCUT2D eigenvalue weighted by Crippen LogP contribution is -2.35. The summed E-state index contributed by atoms with van der Waals surface area (Å²) in [5.41, 5.74) is 0.597. The first-order valence-electron chi connectivity index (χ1n) is 7.55. The summed E-state index contributed by atoms with van der Waals surface area (Å²) in [6.07, 6.45) is 9.00. The molecule has 1 fully saturated rings. The van der Waals surface area contributed by atoms with Gasteiger partial charge in [0, 0.05) is 39.1 Å². The maximum atomic E-state index is 12.3. The molecule has 110 valence electrons. The van der Waals surface area contributed by atoms with Gasteiger partial charge in [0.1, 0.15) is 0 Å². The van der Waals surface area contributed by atoms with Gasteiger partial charge in [0.25, 0.3) is 5.91 Å². The molecular weight excluding hydrogens is 252 g/mol. The van der Waals surface area contributed by atoms with Crippen LogP contribution in [-0.4, -0.2) is 47.5 Å². The second kappa shape index (κ2) is 7.22. The first-order valence-corrected chi connectivity index (χ1v) is 7.55. The van der Waals surface area contributed by atoms with Crippen LogP contribution in [0.1, 0.15) is 49.4 Å². The van der Waals surface area contributed by atoms with E-state index < -0.39 is 0 Å². The van der Waals surface area contributed by atoms with Crippen LogP contribution in [0.5, 0.6) is 0 Å². The van der Waals surface area contributed by atoms with Crippen molar-refractivity contribution in [2.24, 2.45) is 0 Å². The number of nitrogens with zero attached hydrogens (tertiary/aromatic N) is 4. The molecule has 5 heteroatoms. The lowest BCUT2D eigenvalue weighted by atomic mass is 10.1. The van der Waals surface area contributed by atoms with Crippen molar-refractivity contribution in [3.05, 3.63) is 18.0 Å². The van der Waals surface area contributed by atoms with Crippen LogP contribution in [-0.2, 0) is 0 Å². The van der Waals surface area contributed by atoms with E-state index in [4.69, 9.17) is 0 Å². The Labute approximate surface area is 121 Å². The maximum Gasteiger partial charge on any atom is 0.256 e. The van der Waals surface area contributed by atoms with E-state index in [-0.39, 0.29) is 5.91 Å². The number of hydrogen-bond acceptors (Lipinski definition) is 4. The van der Waals surface area contributed by atoms with Crippen molar-refractivity contribution in [2.75, 3.05) is 31.6 Å². The molecule has 1 amide bonds. The van der Waals surface area contributed by atoms with Gasteiger partial charge in [0.2, 0.25) is 5.95 Å². The van der Waals surface area contributed by atoms with Crippen LogP contribution in [0.4, 0.5) is 5.95 Å². The van der Waals surface area contributed by atoms with Crippen LogP contribution in [0.15, 0.2) is 12.4 Å². The molecule has 2 heterocycles. The van der Waals surface area contributed by atoms with E-state index in [1.807, 2.05) is 16.8 Å². The molecule has 1 aliphatic heterocycles. The number of likely N-dealkylation sites (tertiary alicyclic amines) is 1. The smallest absolute Gasteiger partial charge is 0.256 e. The molecule has 0 saturated carbocycles. The molecule has 1 saturated heterocycles. The minimum Gasteiger partial charge on any atom is -0.344 e. The molecule has 2 rings (SSSR count). The van der Waals surface area contributed by atoms with Crippen LogP contribution in [0, 0.1) is 0 Å². The van der Waals surface area contributed by atoms with Gasteiger partial charge in [-0.2, -0.15) is 0 Å². The van der Waals surface area contributed by atoms with Crippen molar-refractivity contribution in [3.8, 4) is 0 Å². The summed E-state index contributed by atoms with van der Waals surface area (Å²) >= 11 is 0. The molecule has 0 aromatic carbocycles. The van der Waals surface area contributed by atoms with Crippen molar-refractivity contribution in [1.29, 1.82) is 0 Å². The lowest BCUT2D eigenvalue weighted by Gasteiger charge is -2.26. The third-order valence-electron chi connectivity index (χ3n) is 3.72. The zero-order valence-corrected chi connectivity index (χ0v) is 12.5. The Hall–Kier alpha value is -1.65. The van der Waals surface area contributed by atoms with Crippen LogP contribution >= 0.6 is 0 Å². The van der Waals surface area contributed by atoms with Gasteiger partial charge in [-0.05, 0) is 25.7 Å². The Morgan fingerprint density at radius 3 is 2.50 bits per heavy atom. The molecule has 0 atom stereocenters. The van der Waals surface area contributed by atoms with Gasteiger partial charge in [-0.15, -0.1) is 0 Å². The number of anilines is 1. The number of hydrogen-bond donors (Lipinski definition) is 0. The van der Waals surface area contributed by atoms with Gasteiger partial charge >= 0.3 is 0 Å². The number of carbonyl (C=O) groups is 1. The highest BCUT2D eigenvalue weighted by Gasteiger charge is 2.18. The van der Waals surface area contributed by atoms with E-state index in [9.17, 15) is 4.79 Å². The minimum atomic E-state index is 0.0625. The van der Waals surface area contributed by atoms with Gasteiger partial charge in [-0.1, -0.05) is 13.3 Å². The summed E-state index contributed by atoms with van der Waals surface area (Å²) in [7, 11) is 1.98. The minimum absolute atomic E-state index is 0.0625. The molecular formula is C15H24N4O. The van der Waals surface area contributed by atoms with E-state index in [1.165, 1.54) is 6.42 Å². The largest absolute Gasteiger partial charge is 0.344 e. The van der Waals surface area contributed by atoms with Crippen molar-refractivity contribution < 1.29 is 4.79 Å². The standard InChI is InChI=1S/C15H24N4O/c1-3-4-8-18(2)15-16-11-13(12-17-15)14(20)19-9-6-5-7-10-19/h11-12H,3-10H2,1-2H3. The van der Waals surface area contributed by atoms with Crippen LogP contribution in [0.2, 0.25) is 0 Å². The Kier molecular flexibility index (Phi) is 5.32. The summed E-state index contributed by atoms with van der Waals surface area (Å²) in [6, 6.07) is 0. The fourth-order valence-electron chi connectivity index (χ4n) is 2.40. The molecule has 5 nitrogen and oxygen atoms in total. The molecule has 0 unspecified atom stereocenters. The van der Waals surface area contributed by atoms with E-state index in [0.29, 0.717) is 11.5 Å². The second-order valence-electron chi connectivity index (χ2n) is 5.40. The monoisotopic (exact) mass is 276 g/mol. The van der Waals surface area contributed by atoms with Gasteiger partial charge in [-0.25, -0.2) is 9.97 Å². The zero-order chi connectivity index (χ0) is 14.4. The second-order valence-corrected chi connectivity index (χ2v) is 5.40. The number of rotatable bonds is 5. The Morgan fingerprint density at radius 2 is 1.90 bits per heavy atom. The number of carbonyl (C=O) groups excluding carboxylic acids is 1. The molecule has 0 N–H and O–H groups in total. The van der Waals surface area contributed by atoms with Gasteiger partial charge in [-0.3, -0.25) is 4.79 Å². The summed E-state index contributed by atoms with van der Waals surface area (Å²) in [5, 5.41) is 0. The molecule has 1 aliphatic rings. The van der Waals surface area contributed by atoms with Gasteiger partial charge < -0.3 is 9.80 Å². The highest BCUT2D eigenvalue weighted by atomic mass is 16.2. The third kappa shape index (κ3) is 3.68. The maximum absolute atomic E-state index is 12.3. The molecule has 1 aromatic heterocycles. The van der Waals surface area contributed by atoms with Crippen molar-refractivity contribution in [1.82, 2.24) is 14.9 Å². The number of aromatic nitrogens is 2. The van der Waals surface area contributed by atoms with E-state index >= 15 is 0 Å². The Morgan fingerprint density at radius 1 is 1.25 bits per heavy atom. The van der Waals surface area contributed by atoms with Crippen molar-refractivity contribution >= 4 is 11.9 Å². The highest BCUT2D eigenvalue weighted by molar-refractivity contribution is 5.93. The first kappa shape index (κ1) is 14.8. The first-order chi connectivity index (χ1) is 9.72. The normalized spacial score (nSPS) is 15.2. The van der Waals surface area contributed by atoms with E-state index in [2.05, 4.69) is 16.9 Å². The number of amides is 1. The molecule has 1 aromatic rings. The zero-order valence-electron chi connectivity index (χ0n) is 12.5. The molecule has 20 heavy (non-hydrogen) atoms. The van der Waals surface area contributed by atoms with Gasteiger partial charge in [0.05, 0.1) is 5.56 Å². The molecule has 0 aliphatic carbocycles. The van der Waals surface area contributed by atoms with Crippen LogP contribution < -0.4 is 4.90 Å². The third-order valence-corrected chi connectivity index (χ3v) is 3.72. The SMILES string of the molecule is CCCCN(C)c1ncc(C(=O)N2CCCCC2)cn1. The lowest BCUT2D eigenvalue weighted by molar-refractivity contribution is 0.0723. The Bertz CT molecular complexity index is 426. The average Bonchev–Trinajstić information content (AvgIpc) is 2.53. The van der Waals surface area contributed by atoms with E-state index in [0.717, 1.165) is 45.3 Å². The Balaban J connectivity index is 1.98.